The zero-order valence-electron chi connectivity index (χ0n) is 10.7. The van der Waals surface area contributed by atoms with Crippen molar-refractivity contribution in [3.8, 4) is 0 Å². The summed E-state index contributed by atoms with van der Waals surface area (Å²) in [6.07, 6.45) is 4.72. The molecule has 1 N–H and O–H groups in total. The molecule has 0 saturated carbocycles. The number of halogens is 1. The minimum atomic E-state index is -0.386. The van der Waals surface area contributed by atoms with Gasteiger partial charge < -0.3 is 10.2 Å². The van der Waals surface area contributed by atoms with E-state index in [0.717, 1.165) is 25.9 Å². The van der Waals surface area contributed by atoms with Gasteiger partial charge >= 0.3 is 0 Å². The highest BCUT2D eigenvalue weighted by Crippen LogP contribution is 2.27. The van der Waals surface area contributed by atoms with Crippen molar-refractivity contribution in [2.45, 2.75) is 25.8 Å². The van der Waals surface area contributed by atoms with Crippen LogP contribution >= 0.6 is 0 Å². The van der Waals surface area contributed by atoms with Gasteiger partial charge in [0.1, 0.15) is 5.83 Å². The Hall–Kier alpha value is -1.42. The summed E-state index contributed by atoms with van der Waals surface area (Å²) in [4.78, 5) is 14.1. The first-order valence-electron chi connectivity index (χ1n) is 6.37. The Bertz CT molecular complexity index is 420. The lowest BCUT2D eigenvalue weighted by molar-refractivity contribution is -0.127. The van der Waals surface area contributed by atoms with Crippen LogP contribution in [0.1, 0.15) is 19.8 Å². The summed E-state index contributed by atoms with van der Waals surface area (Å²) in [5.74, 6) is -0.478. The summed E-state index contributed by atoms with van der Waals surface area (Å²) in [6.45, 7) is 7.83. The third-order valence-electron chi connectivity index (χ3n) is 3.50. The normalized spacial score (nSPS) is 28.3. The van der Waals surface area contributed by atoms with Crippen molar-refractivity contribution in [1.82, 2.24) is 10.2 Å². The van der Waals surface area contributed by atoms with E-state index in [2.05, 4.69) is 11.9 Å². The van der Waals surface area contributed by atoms with Crippen LogP contribution < -0.4 is 5.32 Å². The van der Waals surface area contributed by atoms with Crippen LogP contribution in [-0.2, 0) is 4.79 Å². The third-order valence-corrected chi connectivity index (χ3v) is 3.50. The zero-order chi connectivity index (χ0) is 13.1. The van der Waals surface area contributed by atoms with E-state index in [9.17, 15) is 9.18 Å². The fourth-order valence-corrected chi connectivity index (χ4v) is 2.45. The maximum atomic E-state index is 13.3. The Morgan fingerprint density at radius 1 is 1.61 bits per heavy atom. The number of allylic oxidation sites excluding steroid dienone is 3. The number of hydrogen-bond acceptors (Lipinski definition) is 2. The molecule has 1 unspecified atom stereocenters. The molecule has 2 aliphatic heterocycles. The van der Waals surface area contributed by atoms with Crippen LogP contribution in [0.3, 0.4) is 0 Å². The van der Waals surface area contributed by atoms with E-state index in [1.165, 1.54) is 12.2 Å². The van der Waals surface area contributed by atoms with Crippen LogP contribution in [0, 0.1) is 0 Å². The molecule has 0 radical (unpaired) electrons. The van der Waals surface area contributed by atoms with Crippen molar-refractivity contribution in [1.29, 1.82) is 0 Å². The van der Waals surface area contributed by atoms with E-state index < -0.39 is 0 Å². The van der Waals surface area contributed by atoms with Crippen LogP contribution in [-0.4, -0.2) is 36.5 Å². The predicted molar refractivity (Wildman–Crippen MR) is 69.7 cm³/mol. The van der Waals surface area contributed by atoms with Gasteiger partial charge in [-0.05, 0) is 38.0 Å². The third kappa shape index (κ3) is 2.53. The lowest BCUT2D eigenvalue weighted by atomic mass is 10.1. The van der Waals surface area contributed by atoms with Crippen molar-refractivity contribution < 1.29 is 9.18 Å². The second-order valence-electron chi connectivity index (χ2n) is 4.77. The van der Waals surface area contributed by atoms with Crippen molar-refractivity contribution in [2.24, 2.45) is 0 Å². The number of rotatable bonds is 2. The Kier molecular flexibility index (Phi) is 3.97. The molecule has 0 aromatic rings. The van der Waals surface area contributed by atoms with Crippen LogP contribution in [0.25, 0.3) is 0 Å². The standard InChI is InChI=1S/C14H19FN2O/c1-3-11(15)7-13-10(2)9-17(14(13)18)12-5-4-6-16-8-12/h3,7,12,16H,2,4-6,8-9H2,1H3/b11-3+,13-7+. The molecule has 2 rings (SSSR count). The molecule has 3 nitrogen and oxygen atoms in total. The first kappa shape index (κ1) is 13.0. The number of carbonyl (C=O) groups is 1. The first-order valence-corrected chi connectivity index (χ1v) is 6.37. The molecule has 2 saturated heterocycles. The van der Waals surface area contributed by atoms with E-state index in [0.29, 0.717) is 17.7 Å². The minimum absolute atomic E-state index is 0.0919. The Morgan fingerprint density at radius 3 is 3.00 bits per heavy atom. The van der Waals surface area contributed by atoms with Crippen molar-refractivity contribution in [2.75, 3.05) is 19.6 Å². The minimum Gasteiger partial charge on any atom is -0.330 e. The molecule has 0 spiro atoms. The Labute approximate surface area is 107 Å². The van der Waals surface area contributed by atoms with Gasteiger partial charge in [0, 0.05) is 24.7 Å². The van der Waals surface area contributed by atoms with Gasteiger partial charge in [0.2, 0.25) is 0 Å². The fraction of sp³-hybridized carbons (Fsp3) is 0.500. The summed E-state index contributed by atoms with van der Waals surface area (Å²) >= 11 is 0. The molecule has 0 aromatic carbocycles. The number of hydrogen-bond donors (Lipinski definition) is 1. The molecule has 2 heterocycles. The number of amides is 1. The molecule has 4 heteroatoms. The van der Waals surface area contributed by atoms with Crippen molar-refractivity contribution in [3.05, 3.63) is 35.7 Å². The van der Waals surface area contributed by atoms with Crippen LogP contribution in [0.5, 0.6) is 0 Å². The van der Waals surface area contributed by atoms with Gasteiger partial charge in [-0.15, -0.1) is 0 Å². The number of nitrogens with zero attached hydrogens (tertiary/aromatic N) is 1. The highest BCUT2D eigenvalue weighted by Gasteiger charge is 2.34. The van der Waals surface area contributed by atoms with E-state index in [1.54, 1.807) is 6.92 Å². The lowest BCUT2D eigenvalue weighted by Crippen LogP contribution is -2.46. The van der Waals surface area contributed by atoms with E-state index in [1.807, 2.05) is 4.90 Å². The molecule has 1 amide bonds. The van der Waals surface area contributed by atoms with E-state index in [-0.39, 0.29) is 17.8 Å². The molecule has 98 valence electrons. The van der Waals surface area contributed by atoms with E-state index in [4.69, 9.17) is 0 Å². The summed E-state index contributed by atoms with van der Waals surface area (Å²) in [5.41, 5.74) is 1.12. The van der Waals surface area contributed by atoms with Gasteiger partial charge in [-0.2, -0.15) is 0 Å². The molecular weight excluding hydrogens is 231 g/mol. The highest BCUT2D eigenvalue weighted by molar-refractivity contribution is 6.01. The van der Waals surface area contributed by atoms with Crippen LogP contribution in [0.4, 0.5) is 4.39 Å². The SMILES string of the molecule is C=C1CN(C2CCCNC2)C(=O)/C1=C/C(F)=C\C. The Balaban J connectivity index is 2.16. The molecule has 18 heavy (non-hydrogen) atoms. The molecule has 1 atom stereocenters. The maximum absolute atomic E-state index is 13.3. The van der Waals surface area contributed by atoms with Crippen LogP contribution in [0.2, 0.25) is 0 Å². The van der Waals surface area contributed by atoms with Gasteiger partial charge in [-0.25, -0.2) is 4.39 Å². The second-order valence-corrected chi connectivity index (χ2v) is 4.77. The van der Waals surface area contributed by atoms with Crippen molar-refractivity contribution >= 4 is 5.91 Å². The average molecular weight is 250 g/mol. The summed E-state index contributed by atoms with van der Waals surface area (Å²) in [6, 6.07) is 0.211. The number of carbonyl (C=O) groups excluding carboxylic acids is 1. The summed E-state index contributed by atoms with van der Waals surface area (Å²) in [7, 11) is 0. The first-order chi connectivity index (χ1) is 8.63. The fourth-order valence-electron chi connectivity index (χ4n) is 2.45. The Morgan fingerprint density at radius 2 is 2.39 bits per heavy atom. The molecular formula is C14H19FN2O. The lowest BCUT2D eigenvalue weighted by Gasteiger charge is -2.31. The predicted octanol–water partition coefficient (Wildman–Crippen LogP) is 1.94. The number of nitrogens with one attached hydrogen (secondary N) is 1. The number of likely N-dealkylation sites (tertiary alicyclic amines) is 1. The molecule has 0 bridgehead atoms. The smallest absolute Gasteiger partial charge is 0.254 e. The molecule has 0 aliphatic carbocycles. The van der Waals surface area contributed by atoms with E-state index >= 15 is 0 Å². The van der Waals surface area contributed by atoms with Crippen molar-refractivity contribution in [3.63, 3.8) is 0 Å². The largest absolute Gasteiger partial charge is 0.330 e. The monoisotopic (exact) mass is 250 g/mol. The number of piperidine rings is 1. The maximum Gasteiger partial charge on any atom is 0.254 e. The molecule has 0 aromatic heterocycles. The van der Waals surface area contributed by atoms with Crippen LogP contribution in [0.15, 0.2) is 35.7 Å². The second kappa shape index (κ2) is 5.48. The summed E-state index contributed by atoms with van der Waals surface area (Å²) < 4.78 is 13.3. The highest BCUT2D eigenvalue weighted by atomic mass is 19.1. The van der Waals surface area contributed by atoms with Gasteiger partial charge in [0.15, 0.2) is 0 Å². The van der Waals surface area contributed by atoms with Gasteiger partial charge in [-0.3, -0.25) is 4.79 Å². The molecule has 2 aliphatic rings. The summed E-state index contributed by atoms with van der Waals surface area (Å²) in [5, 5.41) is 3.29. The quantitative estimate of drug-likeness (QED) is 0.760. The van der Waals surface area contributed by atoms with Gasteiger partial charge in [0.05, 0.1) is 0 Å². The van der Waals surface area contributed by atoms with Gasteiger partial charge in [-0.1, -0.05) is 12.7 Å². The zero-order valence-corrected chi connectivity index (χ0v) is 10.7. The topological polar surface area (TPSA) is 32.3 Å². The van der Waals surface area contributed by atoms with Gasteiger partial charge in [0.25, 0.3) is 5.91 Å². The average Bonchev–Trinajstić information content (AvgIpc) is 2.67. The molecule has 2 fully saturated rings.